The first-order chi connectivity index (χ1) is 16.0. The summed E-state index contributed by atoms with van der Waals surface area (Å²) in [5.41, 5.74) is 1.28. The Kier molecular flexibility index (Phi) is 5.29. The molecule has 9 nitrogen and oxygen atoms in total. The van der Waals surface area contributed by atoms with Crippen LogP contribution in [0.4, 0.5) is 4.79 Å². The van der Waals surface area contributed by atoms with Crippen molar-refractivity contribution in [3.63, 3.8) is 0 Å². The lowest BCUT2D eigenvalue weighted by molar-refractivity contribution is -0.131. The number of nitrogens with zero attached hydrogens (tertiary/aromatic N) is 3. The van der Waals surface area contributed by atoms with E-state index in [1.54, 1.807) is 18.3 Å². The summed E-state index contributed by atoms with van der Waals surface area (Å²) >= 11 is 0. The first kappa shape index (κ1) is 20.7. The van der Waals surface area contributed by atoms with Crippen LogP contribution in [0.2, 0.25) is 0 Å². The number of fused-ring (bicyclic) bond motifs is 1. The second-order valence-corrected chi connectivity index (χ2v) is 8.11. The number of furan rings is 1. The van der Waals surface area contributed by atoms with Crippen molar-refractivity contribution in [1.29, 1.82) is 0 Å². The van der Waals surface area contributed by atoms with Gasteiger partial charge in [0.15, 0.2) is 0 Å². The number of hydrogen-bond acceptors (Lipinski definition) is 5. The second kappa shape index (κ2) is 8.42. The first-order valence-corrected chi connectivity index (χ1v) is 10.8. The third-order valence-corrected chi connectivity index (χ3v) is 5.96. The molecule has 0 spiro atoms. The molecule has 4 heterocycles. The number of barbiturate groups is 1. The number of hydrogen-bond donors (Lipinski definition) is 1. The lowest BCUT2D eigenvalue weighted by Gasteiger charge is -2.25. The van der Waals surface area contributed by atoms with E-state index in [2.05, 4.69) is 5.32 Å². The SMILES string of the molecule is O=C1NC(=O)N(Cc2ccco2)C(=O)/C1=C/c1cn(CC(=O)N2CCCC2)c2ccccc12. The van der Waals surface area contributed by atoms with Crippen LogP contribution in [0.5, 0.6) is 0 Å². The number of carbonyl (C=O) groups is 4. The number of rotatable bonds is 5. The quantitative estimate of drug-likeness (QED) is 0.479. The molecule has 3 aromatic rings. The van der Waals surface area contributed by atoms with Crippen LogP contribution in [-0.4, -0.2) is 51.2 Å². The average molecular weight is 446 g/mol. The number of para-hydroxylation sites is 1. The molecule has 0 unspecified atom stereocenters. The van der Waals surface area contributed by atoms with Gasteiger partial charge in [-0.1, -0.05) is 18.2 Å². The number of imide groups is 2. The Labute approximate surface area is 189 Å². The molecule has 9 heteroatoms. The van der Waals surface area contributed by atoms with E-state index in [-0.39, 0.29) is 24.6 Å². The minimum atomic E-state index is -0.794. The fourth-order valence-electron chi connectivity index (χ4n) is 4.28. The van der Waals surface area contributed by atoms with Crippen molar-refractivity contribution in [2.75, 3.05) is 13.1 Å². The zero-order chi connectivity index (χ0) is 22.9. The summed E-state index contributed by atoms with van der Waals surface area (Å²) in [6.07, 6.45) is 6.71. The Hall–Kier alpha value is -4.14. The highest BCUT2D eigenvalue weighted by Gasteiger charge is 2.36. The van der Waals surface area contributed by atoms with Crippen molar-refractivity contribution in [3.05, 3.63) is 65.8 Å². The van der Waals surface area contributed by atoms with Gasteiger partial charge in [0.05, 0.1) is 12.8 Å². The lowest BCUT2D eigenvalue weighted by atomic mass is 10.1. The lowest BCUT2D eigenvalue weighted by Crippen LogP contribution is -2.53. The van der Waals surface area contributed by atoms with Gasteiger partial charge in [0, 0.05) is 35.8 Å². The smallest absolute Gasteiger partial charge is 0.331 e. The van der Waals surface area contributed by atoms with Crippen LogP contribution in [0.1, 0.15) is 24.2 Å². The highest BCUT2D eigenvalue weighted by atomic mass is 16.3. The monoisotopic (exact) mass is 446 g/mol. The predicted octanol–water partition coefficient (Wildman–Crippen LogP) is 2.52. The second-order valence-electron chi connectivity index (χ2n) is 8.11. The van der Waals surface area contributed by atoms with Crippen LogP contribution in [0.25, 0.3) is 17.0 Å². The van der Waals surface area contributed by atoms with Crippen LogP contribution < -0.4 is 5.32 Å². The molecule has 33 heavy (non-hydrogen) atoms. The van der Waals surface area contributed by atoms with Gasteiger partial charge in [-0.05, 0) is 37.1 Å². The molecule has 0 saturated carbocycles. The number of amides is 5. The van der Waals surface area contributed by atoms with E-state index < -0.39 is 17.8 Å². The molecular weight excluding hydrogens is 424 g/mol. The fourth-order valence-corrected chi connectivity index (χ4v) is 4.28. The Morgan fingerprint density at radius 2 is 1.85 bits per heavy atom. The van der Waals surface area contributed by atoms with Crippen LogP contribution in [0.3, 0.4) is 0 Å². The van der Waals surface area contributed by atoms with Gasteiger partial charge in [-0.15, -0.1) is 0 Å². The van der Waals surface area contributed by atoms with E-state index in [1.807, 2.05) is 33.7 Å². The molecule has 2 aliphatic heterocycles. The van der Waals surface area contributed by atoms with E-state index in [4.69, 9.17) is 4.42 Å². The molecule has 5 rings (SSSR count). The molecule has 168 valence electrons. The number of benzene rings is 1. The Balaban J connectivity index is 1.48. The number of urea groups is 1. The highest BCUT2D eigenvalue weighted by molar-refractivity contribution is 6.31. The molecule has 0 bridgehead atoms. The van der Waals surface area contributed by atoms with Gasteiger partial charge in [-0.2, -0.15) is 0 Å². The van der Waals surface area contributed by atoms with Crippen LogP contribution >= 0.6 is 0 Å². The maximum Gasteiger partial charge on any atom is 0.331 e. The highest BCUT2D eigenvalue weighted by Crippen LogP contribution is 2.26. The summed E-state index contributed by atoms with van der Waals surface area (Å²) in [6, 6.07) is 10.00. The summed E-state index contributed by atoms with van der Waals surface area (Å²) in [5.74, 6) is -1.01. The molecule has 1 aromatic carbocycles. The minimum absolute atomic E-state index is 0.0363. The number of carbonyl (C=O) groups excluding carboxylic acids is 4. The van der Waals surface area contributed by atoms with Crippen molar-refractivity contribution in [3.8, 4) is 0 Å². The molecule has 2 aromatic heterocycles. The van der Waals surface area contributed by atoms with E-state index in [0.29, 0.717) is 11.3 Å². The van der Waals surface area contributed by atoms with E-state index in [1.165, 1.54) is 12.3 Å². The molecular formula is C24H22N4O5. The van der Waals surface area contributed by atoms with Gasteiger partial charge < -0.3 is 13.9 Å². The average Bonchev–Trinajstić information content (AvgIpc) is 3.57. The van der Waals surface area contributed by atoms with Gasteiger partial charge in [0.25, 0.3) is 11.8 Å². The molecule has 1 N–H and O–H groups in total. The number of aromatic nitrogens is 1. The van der Waals surface area contributed by atoms with Crippen molar-refractivity contribution in [1.82, 2.24) is 19.7 Å². The topological polar surface area (TPSA) is 105 Å². The zero-order valence-corrected chi connectivity index (χ0v) is 17.8. The standard InChI is InChI=1S/C24H22N4O5/c29-21(26-9-3-4-10-26)15-27-13-16(18-7-1-2-8-20(18)27)12-19-22(30)25-24(32)28(23(19)31)14-17-6-5-11-33-17/h1-2,5-8,11-13H,3-4,9-10,14-15H2,(H,25,30,32)/b19-12+. The molecule has 2 aliphatic rings. The van der Waals surface area contributed by atoms with Gasteiger partial charge >= 0.3 is 6.03 Å². The van der Waals surface area contributed by atoms with Crippen molar-refractivity contribution < 1.29 is 23.6 Å². The summed E-state index contributed by atoms with van der Waals surface area (Å²) in [4.78, 5) is 53.3. The van der Waals surface area contributed by atoms with Gasteiger partial charge in [0.1, 0.15) is 17.9 Å². The van der Waals surface area contributed by atoms with Crippen LogP contribution in [0.15, 0.2) is 58.8 Å². The Morgan fingerprint density at radius 1 is 1.06 bits per heavy atom. The van der Waals surface area contributed by atoms with E-state index >= 15 is 0 Å². The predicted molar refractivity (Wildman–Crippen MR) is 119 cm³/mol. The summed E-state index contributed by atoms with van der Waals surface area (Å²) < 4.78 is 7.07. The molecule has 5 amide bonds. The molecule has 2 saturated heterocycles. The number of likely N-dealkylation sites (tertiary alicyclic amines) is 1. The molecule has 2 fully saturated rings. The summed E-state index contributed by atoms with van der Waals surface area (Å²) in [6.45, 7) is 1.62. The van der Waals surface area contributed by atoms with Gasteiger partial charge in [-0.3, -0.25) is 24.6 Å². The maximum absolute atomic E-state index is 13.0. The van der Waals surface area contributed by atoms with Gasteiger partial charge in [0.2, 0.25) is 5.91 Å². The fraction of sp³-hybridized carbons (Fsp3) is 0.250. The minimum Gasteiger partial charge on any atom is -0.467 e. The molecule has 0 aliphatic carbocycles. The van der Waals surface area contributed by atoms with Crippen LogP contribution in [0, 0.1) is 0 Å². The van der Waals surface area contributed by atoms with Crippen molar-refractivity contribution in [2.45, 2.75) is 25.9 Å². The maximum atomic E-state index is 13.0. The van der Waals surface area contributed by atoms with Gasteiger partial charge in [-0.25, -0.2) is 4.79 Å². The first-order valence-electron chi connectivity index (χ1n) is 10.8. The zero-order valence-electron chi connectivity index (χ0n) is 17.8. The van der Waals surface area contributed by atoms with Crippen molar-refractivity contribution >= 4 is 40.7 Å². The third kappa shape index (κ3) is 3.93. The largest absolute Gasteiger partial charge is 0.467 e. The summed E-state index contributed by atoms with van der Waals surface area (Å²) in [7, 11) is 0. The molecule has 0 atom stereocenters. The molecule has 0 radical (unpaired) electrons. The van der Waals surface area contributed by atoms with E-state index in [9.17, 15) is 19.2 Å². The normalized spacial score (nSPS) is 17.9. The Bertz CT molecular complexity index is 1280. The third-order valence-electron chi connectivity index (χ3n) is 5.96. The summed E-state index contributed by atoms with van der Waals surface area (Å²) in [5, 5.41) is 3.02. The van der Waals surface area contributed by atoms with Crippen LogP contribution in [-0.2, 0) is 27.5 Å². The number of nitrogens with one attached hydrogen (secondary N) is 1. The van der Waals surface area contributed by atoms with Crippen molar-refractivity contribution in [2.24, 2.45) is 0 Å². The Morgan fingerprint density at radius 3 is 2.61 bits per heavy atom. The van der Waals surface area contributed by atoms with E-state index in [0.717, 1.165) is 41.7 Å².